The topological polar surface area (TPSA) is 100 Å². The van der Waals surface area contributed by atoms with Gasteiger partial charge in [0.15, 0.2) is 5.82 Å². The van der Waals surface area contributed by atoms with E-state index in [4.69, 9.17) is 11.6 Å². The highest BCUT2D eigenvalue weighted by Crippen LogP contribution is 2.33. The second-order valence-corrected chi connectivity index (χ2v) is 12.1. The molecule has 43 heavy (non-hydrogen) atoms. The Morgan fingerprint density at radius 3 is 2.40 bits per heavy atom. The maximum absolute atomic E-state index is 13.3. The van der Waals surface area contributed by atoms with Crippen molar-refractivity contribution < 1.29 is 22.8 Å². The van der Waals surface area contributed by atoms with Crippen molar-refractivity contribution in [3.63, 3.8) is 0 Å². The van der Waals surface area contributed by atoms with E-state index in [1.807, 2.05) is 20.8 Å². The van der Waals surface area contributed by atoms with Crippen LogP contribution < -0.4 is 15.5 Å². The molecule has 224 valence electrons. The number of alkyl halides is 3. The second kappa shape index (κ2) is 11.8. The standard InChI is InChI=1S/C31H30ClF3N6O2/c1-30(2,3)15-26(42)37-16-18-5-9-23(32)22(13-18)29(43)38-20-7-8-21-24(14-20)39-27(40-28(21)41-11-4-12-41)19-6-10-25(36-17-19)31(33,34)35/h5-10,13-14,17H,4,11-12,15-16H2,1-3H3,(H,37,42)(H,38,43). The van der Waals surface area contributed by atoms with Gasteiger partial charge in [-0.3, -0.25) is 14.6 Å². The van der Waals surface area contributed by atoms with Crippen LogP contribution in [0, 0.1) is 5.41 Å². The molecule has 4 aromatic rings. The Morgan fingerprint density at radius 2 is 1.77 bits per heavy atom. The first kappa shape index (κ1) is 30.2. The van der Waals surface area contributed by atoms with E-state index in [1.165, 1.54) is 6.07 Å². The van der Waals surface area contributed by atoms with E-state index in [-0.39, 0.29) is 34.3 Å². The summed E-state index contributed by atoms with van der Waals surface area (Å²) in [7, 11) is 0. The molecule has 8 nitrogen and oxygen atoms in total. The van der Waals surface area contributed by atoms with Crippen LogP contribution in [0.3, 0.4) is 0 Å². The van der Waals surface area contributed by atoms with Crippen LogP contribution in [0.15, 0.2) is 54.7 Å². The summed E-state index contributed by atoms with van der Waals surface area (Å²) in [5.41, 5.74) is 1.10. The molecule has 2 N–H and O–H groups in total. The normalized spacial score (nSPS) is 13.5. The van der Waals surface area contributed by atoms with E-state index in [0.29, 0.717) is 29.0 Å². The van der Waals surface area contributed by atoms with Gasteiger partial charge in [0.05, 0.1) is 16.1 Å². The molecule has 0 saturated carbocycles. The first-order valence-corrected chi connectivity index (χ1v) is 14.1. The Balaban J connectivity index is 1.40. The molecule has 2 aromatic carbocycles. The number of carbonyl (C=O) groups is 2. The molecule has 5 rings (SSSR count). The predicted octanol–water partition coefficient (Wildman–Crippen LogP) is 6.88. The number of anilines is 2. The summed E-state index contributed by atoms with van der Waals surface area (Å²) >= 11 is 6.36. The highest BCUT2D eigenvalue weighted by Gasteiger charge is 2.32. The number of fused-ring (bicyclic) bond motifs is 1. The number of pyridine rings is 1. The van der Waals surface area contributed by atoms with Crippen molar-refractivity contribution in [3.8, 4) is 11.4 Å². The first-order valence-electron chi connectivity index (χ1n) is 13.7. The van der Waals surface area contributed by atoms with Gasteiger partial charge < -0.3 is 15.5 Å². The van der Waals surface area contributed by atoms with Gasteiger partial charge in [0, 0.05) is 48.9 Å². The highest BCUT2D eigenvalue weighted by atomic mass is 35.5. The van der Waals surface area contributed by atoms with Crippen LogP contribution in [0.2, 0.25) is 5.02 Å². The van der Waals surface area contributed by atoms with E-state index in [1.54, 1.807) is 36.4 Å². The Labute approximate surface area is 251 Å². The van der Waals surface area contributed by atoms with Gasteiger partial charge in [0.25, 0.3) is 5.91 Å². The van der Waals surface area contributed by atoms with Crippen molar-refractivity contribution in [2.45, 2.75) is 46.3 Å². The Morgan fingerprint density at radius 1 is 1.00 bits per heavy atom. The Hall–Kier alpha value is -4.25. The van der Waals surface area contributed by atoms with E-state index in [0.717, 1.165) is 42.7 Å². The predicted molar refractivity (Wildman–Crippen MR) is 160 cm³/mol. The first-order chi connectivity index (χ1) is 20.3. The number of carbonyl (C=O) groups excluding carboxylic acids is 2. The fourth-order valence-electron chi connectivity index (χ4n) is 4.58. The van der Waals surface area contributed by atoms with Crippen molar-refractivity contribution in [1.82, 2.24) is 20.3 Å². The van der Waals surface area contributed by atoms with Crippen LogP contribution in [-0.2, 0) is 17.5 Å². The average Bonchev–Trinajstić information content (AvgIpc) is 2.90. The second-order valence-electron chi connectivity index (χ2n) is 11.7. The zero-order chi connectivity index (χ0) is 30.9. The molecule has 1 aliphatic heterocycles. The summed E-state index contributed by atoms with van der Waals surface area (Å²) in [5.74, 6) is 0.351. The summed E-state index contributed by atoms with van der Waals surface area (Å²) in [6.45, 7) is 7.78. The van der Waals surface area contributed by atoms with Gasteiger partial charge in [-0.15, -0.1) is 0 Å². The summed E-state index contributed by atoms with van der Waals surface area (Å²) in [6.07, 6.45) is -2.08. The number of hydrogen-bond donors (Lipinski definition) is 2. The number of amides is 2. The summed E-state index contributed by atoms with van der Waals surface area (Å²) in [4.78, 5) is 40.4. The molecular weight excluding hydrogens is 581 g/mol. The van der Waals surface area contributed by atoms with Gasteiger partial charge in [-0.1, -0.05) is 38.4 Å². The average molecular weight is 611 g/mol. The molecule has 12 heteroatoms. The summed E-state index contributed by atoms with van der Waals surface area (Å²) < 4.78 is 39.1. The molecule has 0 radical (unpaired) electrons. The van der Waals surface area contributed by atoms with Crippen LogP contribution in [-0.4, -0.2) is 39.9 Å². The fraction of sp³-hybridized carbons (Fsp3) is 0.323. The van der Waals surface area contributed by atoms with Gasteiger partial charge in [-0.25, -0.2) is 9.97 Å². The van der Waals surface area contributed by atoms with Crippen LogP contribution in [0.25, 0.3) is 22.3 Å². The van der Waals surface area contributed by atoms with E-state index < -0.39 is 17.8 Å². The van der Waals surface area contributed by atoms with Crippen LogP contribution in [0.1, 0.15) is 55.2 Å². The molecule has 0 aliphatic carbocycles. The summed E-state index contributed by atoms with van der Waals surface area (Å²) in [5, 5.41) is 6.72. The number of nitrogens with zero attached hydrogens (tertiary/aromatic N) is 4. The molecule has 3 heterocycles. The maximum Gasteiger partial charge on any atom is 0.433 e. The largest absolute Gasteiger partial charge is 0.433 e. The number of benzene rings is 2. The van der Waals surface area contributed by atoms with Crippen molar-refractivity contribution in [2.24, 2.45) is 5.41 Å². The minimum atomic E-state index is -4.55. The molecule has 0 spiro atoms. The lowest BCUT2D eigenvalue weighted by molar-refractivity contribution is -0.141. The van der Waals surface area contributed by atoms with Crippen LogP contribution in [0.5, 0.6) is 0 Å². The van der Waals surface area contributed by atoms with Gasteiger partial charge in [0.2, 0.25) is 5.91 Å². The quantitative estimate of drug-likeness (QED) is 0.237. The van der Waals surface area contributed by atoms with E-state index in [2.05, 4.69) is 30.5 Å². The monoisotopic (exact) mass is 610 g/mol. The zero-order valence-electron chi connectivity index (χ0n) is 23.8. The van der Waals surface area contributed by atoms with Gasteiger partial charge in [-0.05, 0) is 59.9 Å². The lowest BCUT2D eigenvalue weighted by Gasteiger charge is -2.33. The molecule has 2 amide bonds. The molecule has 1 fully saturated rings. The maximum atomic E-state index is 13.3. The smallest absolute Gasteiger partial charge is 0.356 e. The zero-order valence-corrected chi connectivity index (χ0v) is 24.6. The van der Waals surface area contributed by atoms with E-state index in [9.17, 15) is 22.8 Å². The molecule has 0 bridgehead atoms. The third kappa shape index (κ3) is 7.22. The molecule has 2 aromatic heterocycles. The number of rotatable bonds is 7. The minimum Gasteiger partial charge on any atom is -0.356 e. The van der Waals surface area contributed by atoms with Crippen molar-refractivity contribution >= 4 is 45.8 Å². The third-order valence-electron chi connectivity index (χ3n) is 6.86. The van der Waals surface area contributed by atoms with Gasteiger partial charge in [0.1, 0.15) is 11.5 Å². The van der Waals surface area contributed by atoms with Crippen molar-refractivity contribution in [3.05, 3.63) is 76.6 Å². The van der Waals surface area contributed by atoms with Crippen LogP contribution >= 0.6 is 11.6 Å². The lowest BCUT2D eigenvalue weighted by atomic mass is 9.92. The number of aromatic nitrogens is 3. The molecule has 0 atom stereocenters. The lowest BCUT2D eigenvalue weighted by Crippen LogP contribution is -2.37. The number of halogens is 4. The molecule has 1 saturated heterocycles. The minimum absolute atomic E-state index is 0.0874. The number of hydrogen-bond acceptors (Lipinski definition) is 6. The number of nitrogens with one attached hydrogen (secondary N) is 2. The molecule has 1 aliphatic rings. The van der Waals surface area contributed by atoms with E-state index >= 15 is 0 Å². The third-order valence-corrected chi connectivity index (χ3v) is 7.19. The van der Waals surface area contributed by atoms with Crippen LogP contribution in [0.4, 0.5) is 24.7 Å². The molecular formula is C31H30ClF3N6O2. The van der Waals surface area contributed by atoms with Gasteiger partial charge >= 0.3 is 6.18 Å². The highest BCUT2D eigenvalue weighted by molar-refractivity contribution is 6.34. The Kier molecular flexibility index (Phi) is 8.29. The fourth-order valence-corrected chi connectivity index (χ4v) is 4.79. The van der Waals surface area contributed by atoms with Gasteiger partial charge in [-0.2, -0.15) is 13.2 Å². The van der Waals surface area contributed by atoms with Crippen molar-refractivity contribution in [2.75, 3.05) is 23.3 Å². The molecule has 0 unspecified atom stereocenters. The SMILES string of the molecule is CC(C)(C)CC(=O)NCc1ccc(Cl)c(C(=O)Nc2ccc3c(N4CCC4)nc(-c4ccc(C(F)(F)F)nc4)nc3c2)c1. The van der Waals surface area contributed by atoms with Crippen molar-refractivity contribution in [1.29, 1.82) is 0 Å². The summed E-state index contributed by atoms with van der Waals surface area (Å²) in [6, 6.07) is 12.4. The Bertz CT molecular complexity index is 1680.